The van der Waals surface area contributed by atoms with Crippen LogP contribution in [0.2, 0.25) is 0 Å². The van der Waals surface area contributed by atoms with E-state index >= 15 is 0 Å². The average Bonchev–Trinajstić information content (AvgIpc) is 2.85. The molecule has 0 saturated carbocycles. The first-order valence-electron chi connectivity index (χ1n) is 8.84. The molecule has 5 nitrogen and oxygen atoms in total. The number of amides is 1. The van der Waals surface area contributed by atoms with Gasteiger partial charge in [0.05, 0.1) is 5.75 Å². The topological polar surface area (TPSA) is 57.7 Å². The van der Waals surface area contributed by atoms with Gasteiger partial charge in [0.25, 0.3) is 0 Å². The number of likely N-dealkylation sites (tertiary alicyclic amines) is 2. The molecule has 1 amide bonds. The Labute approximate surface area is 152 Å². The van der Waals surface area contributed by atoms with Gasteiger partial charge in [-0.25, -0.2) is 17.2 Å². The molecular formula is C18H24F2N2O3S. The molecule has 8 heteroatoms. The number of piperidine rings is 1. The van der Waals surface area contributed by atoms with Crippen molar-refractivity contribution in [2.45, 2.75) is 31.8 Å². The Balaban J connectivity index is 1.53. The summed E-state index contributed by atoms with van der Waals surface area (Å²) in [6.07, 6.45) is 3.08. The van der Waals surface area contributed by atoms with Gasteiger partial charge < -0.3 is 4.90 Å². The molecular weight excluding hydrogens is 362 g/mol. The average molecular weight is 386 g/mol. The van der Waals surface area contributed by atoms with E-state index in [0.29, 0.717) is 25.1 Å². The third-order valence-electron chi connectivity index (χ3n) is 5.10. The number of sulfone groups is 1. The molecule has 2 saturated heterocycles. The number of hydrogen-bond acceptors (Lipinski definition) is 4. The van der Waals surface area contributed by atoms with Gasteiger partial charge in [0.1, 0.15) is 21.5 Å². The predicted octanol–water partition coefficient (Wildman–Crippen LogP) is 1.82. The molecule has 0 aromatic heterocycles. The number of carbonyl (C=O) groups is 1. The van der Waals surface area contributed by atoms with Crippen LogP contribution in [0.25, 0.3) is 0 Å². The van der Waals surface area contributed by atoms with Crippen LogP contribution in [-0.4, -0.2) is 61.8 Å². The zero-order chi connectivity index (χ0) is 18.9. The van der Waals surface area contributed by atoms with Crippen LogP contribution >= 0.6 is 0 Å². The van der Waals surface area contributed by atoms with Gasteiger partial charge in [-0.15, -0.1) is 0 Å². The van der Waals surface area contributed by atoms with Crippen molar-refractivity contribution in [2.24, 2.45) is 5.92 Å². The van der Waals surface area contributed by atoms with E-state index in [2.05, 4.69) is 4.90 Å². The Morgan fingerprint density at radius 2 is 1.73 bits per heavy atom. The van der Waals surface area contributed by atoms with E-state index < -0.39 is 21.5 Å². The zero-order valence-electron chi connectivity index (χ0n) is 14.8. The van der Waals surface area contributed by atoms with Crippen LogP contribution < -0.4 is 0 Å². The van der Waals surface area contributed by atoms with Gasteiger partial charge in [-0.1, -0.05) is 0 Å². The second kappa shape index (κ2) is 7.60. The molecule has 1 atom stereocenters. The van der Waals surface area contributed by atoms with Crippen molar-refractivity contribution in [3.63, 3.8) is 0 Å². The Bertz CT molecular complexity index is 756. The molecule has 0 N–H and O–H groups in total. The largest absolute Gasteiger partial charge is 0.339 e. The van der Waals surface area contributed by atoms with E-state index in [9.17, 15) is 22.0 Å². The van der Waals surface area contributed by atoms with Crippen molar-refractivity contribution >= 4 is 15.7 Å². The molecule has 26 heavy (non-hydrogen) atoms. The molecule has 2 aliphatic heterocycles. The first kappa shape index (κ1) is 19.2. The summed E-state index contributed by atoms with van der Waals surface area (Å²) < 4.78 is 49.5. The van der Waals surface area contributed by atoms with Gasteiger partial charge in [-0.2, -0.15) is 0 Å². The van der Waals surface area contributed by atoms with Crippen molar-refractivity contribution in [1.82, 2.24) is 9.80 Å². The highest BCUT2D eigenvalue weighted by Crippen LogP contribution is 2.27. The Kier molecular flexibility index (Phi) is 5.62. The molecule has 2 heterocycles. The predicted molar refractivity (Wildman–Crippen MR) is 94.2 cm³/mol. The minimum absolute atomic E-state index is 0.0318. The quantitative estimate of drug-likeness (QED) is 0.775. The van der Waals surface area contributed by atoms with Crippen molar-refractivity contribution in [3.8, 4) is 0 Å². The molecule has 3 rings (SSSR count). The highest BCUT2D eigenvalue weighted by Gasteiger charge is 2.36. The third-order valence-corrected chi connectivity index (χ3v) is 6.18. The number of benzene rings is 1. The molecule has 2 aliphatic rings. The highest BCUT2D eigenvalue weighted by atomic mass is 32.2. The van der Waals surface area contributed by atoms with Gasteiger partial charge in [0, 0.05) is 51.0 Å². The van der Waals surface area contributed by atoms with Crippen LogP contribution in [0.15, 0.2) is 18.2 Å². The Morgan fingerprint density at radius 3 is 2.31 bits per heavy atom. The van der Waals surface area contributed by atoms with Crippen LogP contribution in [0.4, 0.5) is 8.78 Å². The summed E-state index contributed by atoms with van der Waals surface area (Å²) in [5, 5.41) is 0. The van der Waals surface area contributed by atoms with Crippen LogP contribution in [-0.2, 0) is 21.2 Å². The molecule has 1 aromatic rings. The van der Waals surface area contributed by atoms with Gasteiger partial charge >= 0.3 is 0 Å². The zero-order valence-corrected chi connectivity index (χ0v) is 15.6. The number of carbonyl (C=O) groups excluding carboxylic acids is 1. The molecule has 0 bridgehead atoms. The fourth-order valence-corrected chi connectivity index (χ4v) is 5.13. The molecule has 2 fully saturated rings. The number of nitrogens with zero attached hydrogens (tertiary/aromatic N) is 2. The maximum atomic E-state index is 13.3. The fourth-order valence-electron chi connectivity index (χ4n) is 4.05. The smallest absolute Gasteiger partial charge is 0.223 e. The van der Waals surface area contributed by atoms with Gasteiger partial charge in [0.2, 0.25) is 5.91 Å². The minimum Gasteiger partial charge on any atom is -0.339 e. The van der Waals surface area contributed by atoms with Crippen molar-refractivity contribution in [1.29, 1.82) is 0 Å². The van der Waals surface area contributed by atoms with E-state index in [1.165, 1.54) is 18.4 Å². The standard InChI is InChI=1S/C18H24F2N2O3S/c1-26(24,25)12-14-8-18(23)22(11-14)17-2-4-21(5-3-17)10-13-6-15(19)9-16(20)7-13/h6-7,9,14,17H,2-5,8,10-12H2,1H3. The Hall–Kier alpha value is -1.54. The molecule has 1 unspecified atom stereocenters. The first-order valence-corrected chi connectivity index (χ1v) is 10.9. The lowest BCUT2D eigenvalue weighted by Gasteiger charge is -2.37. The fraction of sp³-hybridized carbons (Fsp3) is 0.611. The summed E-state index contributed by atoms with van der Waals surface area (Å²) in [4.78, 5) is 16.2. The van der Waals surface area contributed by atoms with E-state index in [1.807, 2.05) is 4.90 Å². The SMILES string of the molecule is CS(=O)(=O)CC1CC(=O)N(C2CCN(Cc3cc(F)cc(F)c3)CC2)C1. The van der Waals surface area contributed by atoms with E-state index in [4.69, 9.17) is 0 Å². The van der Waals surface area contributed by atoms with Crippen LogP contribution in [0.5, 0.6) is 0 Å². The number of rotatable bonds is 5. The monoisotopic (exact) mass is 386 g/mol. The minimum atomic E-state index is -3.08. The molecule has 1 aromatic carbocycles. The van der Waals surface area contributed by atoms with Crippen molar-refractivity contribution < 1.29 is 22.0 Å². The van der Waals surface area contributed by atoms with E-state index in [-0.39, 0.29) is 23.6 Å². The molecule has 0 aliphatic carbocycles. The summed E-state index contributed by atoms with van der Waals surface area (Å²) in [7, 11) is -3.08. The lowest BCUT2D eigenvalue weighted by molar-refractivity contribution is -0.130. The van der Waals surface area contributed by atoms with Crippen molar-refractivity contribution in [2.75, 3.05) is 31.6 Å². The normalized spacial score (nSPS) is 23.0. The van der Waals surface area contributed by atoms with E-state index in [1.54, 1.807) is 0 Å². The third kappa shape index (κ3) is 5.01. The lowest BCUT2D eigenvalue weighted by Crippen LogP contribution is -2.45. The molecule has 144 valence electrons. The second-order valence-electron chi connectivity index (χ2n) is 7.49. The number of hydrogen-bond donors (Lipinski definition) is 0. The Morgan fingerprint density at radius 1 is 1.12 bits per heavy atom. The molecule has 0 spiro atoms. The summed E-state index contributed by atoms with van der Waals surface area (Å²) in [5.41, 5.74) is 0.603. The maximum Gasteiger partial charge on any atom is 0.223 e. The summed E-state index contributed by atoms with van der Waals surface area (Å²) in [6.45, 7) is 2.46. The van der Waals surface area contributed by atoms with Crippen molar-refractivity contribution in [3.05, 3.63) is 35.4 Å². The van der Waals surface area contributed by atoms with Gasteiger partial charge in [0.15, 0.2) is 0 Å². The number of halogens is 2. The van der Waals surface area contributed by atoms with Crippen LogP contribution in [0, 0.1) is 17.6 Å². The van der Waals surface area contributed by atoms with Crippen LogP contribution in [0.3, 0.4) is 0 Å². The first-order chi connectivity index (χ1) is 12.2. The van der Waals surface area contributed by atoms with E-state index in [0.717, 1.165) is 32.0 Å². The summed E-state index contributed by atoms with van der Waals surface area (Å²) in [5.74, 6) is -1.18. The summed E-state index contributed by atoms with van der Waals surface area (Å²) >= 11 is 0. The summed E-state index contributed by atoms with van der Waals surface area (Å²) in [6, 6.07) is 3.67. The second-order valence-corrected chi connectivity index (χ2v) is 9.68. The maximum absolute atomic E-state index is 13.3. The van der Waals surface area contributed by atoms with Crippen LogP contribution in [0.1, 0.15) is 24.8 Å². The molecule has 0 radical (unpaired) electrons. The van der Waals surface area contributed by atoms with Gasteiger partial charge in [-0.05, 0) is 36.5 Å². The highest BCUT2D eigenvalue weighted by molar-refractivity contribution is 7.90. The van der Waals surface area contributed by atoms with Gasteiger partial charge in [-0.3, -0.25) is 9.69 Å². The lowest BCUT2D eigenvalue weighted by atomic mass is 10.0.